The third-order valence-corrected chi connectivity index (χ3v) is 10.1. The van der Waals surface area contributed by atoms with Gasteiger partial charge in [-0.05, 0) is 123 Å². The summed E-state index contributed by atoms with van der Waals surface area (Å²) in [5.41, 5.74) is 10.3. The molecule has 0 amide bonds. The molecule has 0 N–H and O–H groups in total. The van der Waals surface area contributed by atoms with E-state index in [4.69, 9.17) is 0 Å². The van der Waals surface area contributed by atoms with Gasteiger partial charge in [0, 0.05) is 0 Å². The van der Waals surface area contributed by atoms with Gasteiger partial charge in [-0.1, -0.05) is 163 Å². The summed E-state index contributed by atoms with van der Waals surface area (Å²) in [6, 6.07) is 54.6. The summed E-state index contributed by atoms with van der Waals surface area (Å²) in [6.45, 7) is 13.9. The highest BCUT2D eigenvalue weighted by Crippen LogP contribution is 2.48. The number of fused-ring (bicyclic) bond motifs is 5. The van der Waals surface area contributed by atoms with Crippen LogP contribution in [0, 0.1) is 0 Å². The Morgan fingerprint density at radius 2 is 0.833 bits per heavy atom. The maximum absolute atomic E-state index is 2.48. The fraction of sp³-hybridized carbons (Fsp3) is 0.167. The van der Waals surface area contributed by atoms with Gasteiger partial charge in [0.2, 0.25) is 0 Å². The van der Waals surface area contributed by atoms with Crippen LogP contribution in [0.3, 0.4) is 0 Å². The van der Waals surface area contributed by atoms with Crippen molar-refractivity contribution in [3.05, 3.63) is 157 Å². The molecule has 0 atom stereocenters. The molecule has 0 aliphatic rings. The first-order valence-electron chi connectivity index (χ1n) is 17.2. The SMILES string of the molecule is CC(C)(C)c1ccc2c(-c3cc4ccccc4c4ccccc34)c3cc(C(C)(C)C)ccc3c(-c3cccc(-c4ccccc4)c3)c2c1. The summed E-state index contributed by atoms with van der Waals surface area (Å²) in [7, 11) is 0. The predicted octanol–water partition coefficient (Wildman–Crippen LogP) is 13.9. The van der Waals surface area contributed by atoms with Crippen molar-refractivity contribution in [2.24, 2.45) is 0 Å². The normalized spacial score (nSPS) is 12.4. The molecule has 0 nitrogen and oxygen atoms in total. The van der Waals surface area contributed by atoms with E-state index in [0.29, 0.717) is 0 Å². The van der Waals surface area contributed by atoms with Crippen LogP contribution in [0.25, 0.3) is 76.5 Å². The highest BCUT2D eigenvalue weighted by atomic mass is 14.3. The van der Waals surface area contributed by atoms with Crippen molar-refractivity contribution < 1.29 is 0 Å². The Labute approximate surface area is 284 Å². The first kappa shape index (κ1) is 30.2. The van der Waals surface area contributed by atoms with Crippen LogP contribution in [0.1, 0.15) is 52.7 Å². The molecule has 0 heterocycles. The lowest BCUT2D eigenvalue weighted by Crippen LogP contribution is -2.11. The molecule has 0 unspecified atom stereocenters. The van der Waals surface area contributed by atoms with Crippen LogP contribution < -0.4 is 0 Å². The number of hydrogen-bond acceptors (Lipinski definition) is 0. The zero-order valence-corrected chi connectivity index (χ0v) is 28.9. The van der Waals surface area contributed by atoms with Crippen molar-refractivity contribution in [3.8, 4) is 33.4 Å². The van der Waals surface area contributed by atoms with Crippen LogP contribution in [-0.4, -0.2) is 0 Å². The summed E-state index contributed by atoms with van der Waals surface area (Å²) >= 11 is 0. The Hall–Kier alpha value is -5.20. The molecule has 0 aromatic heterocycles. The van der Waals surface area contributed by atoms with E-state index in [1.54, 1.807) is 0 Å². The topological polar surface area (TPSA) is 0 Å². The van der Waals surface area contributed by atoms with E-state index < -0.39 is 0 Å². The first-order valence-corrected chi connectivity index (χ1v) is 17.2. The molecule has 0 aliphatic heterocycles. The summed E-state index contributed by atoms with van der Waals surface area (Å²) in [6.07, 6.45) is 0. The Kier molecular flexibility index (Phi) is 7.04. The Balaban J connectivity index is 1.58. The molecule has 0 aliphatic carbocycles. The van der Waals surface area contributed by atoms with Gasteiger partial charge in [-0.25, -0.2) is 0 Å². The third kappa shape index (κ3) is 5.08. The van der Waals surface area contributed by atoms with Gasteiger partial charge in [0.25, 0.3) is 0 Å². The van der Waals surface area contributed by atoms with Gasteiger partial charge in [-0.15, -0.1) is 0 Å². The van der Waals surface area contributed by atoms with Crippen molar-refractivity contribution in [2.45, 2.75) is 52.4 Å². The lowest BCUT2D eigenvalue weighted by Gasteiger charge is -2.25. The molecule has 8 rings (SSSR count). The molecule has 0 bridgehead atoms. The minimum absolute atomic E-state index is 0.00928. The van der Waals surface area contributed by atoms with Crippen LogP contribution in [0.5, 0.6) is 0 Å². The molecule has 8 aromatic rings. The van der Waals surface area contributed by atoms with E-state index in [-0.39, 0.29) is 10.8 Å². The summed E-state index contributed by atoms with van der Waals surface area (Å²) in [5, 5.41) is 10.3. The molecule has 0 saturated heterocycles. The fourth-order valence-corrected chi connectivity index (χ4v) is 7.51. The lowest BCUT2D eigenvalue weighted by molar-refractivity contribution is 0.590. The Bertz CT molecular complexity index is 2500. The monoisotopic (exact) mass is 618 g/mol. The molecular formula is C48H42. The quantitative estimate of drug-likeness (QED) is 0.136. The standard InChI is InChI=1S/C48H42/c1-47(2,3)35-24-26-41-43(29-35)45(34-19-14-18-32(27-34)31-15-8-7-9-16-31)40-25-23-36(48(4,5)6)30-44(40)46(41)42-28-33-17-10-11-20-37(33)38-21-12-13-22-39(38)42/h7-30H,1-6H3. The second-order valence-corrected chi connectivity index (χ2v) is 15.4. The molecule has 0 radical (unpaired) electrons. The van der Waals surface area contributed by atoms with Crippen LogP contribution in [0.4, 0.5) is 0 Å². The zero-order chi connectivity index (χ0) is 33.2. The van der Waals surface area contributed by atoms with Crippen LogP contribution in [-0.2, 0) is 10.8 Å². The van der Waals surface area contributed by atoms with Gasteiger partial charge in [0.1, 0.15) is 0 Å². The van der Waals surface area contributed by atoms with Gasteiger partial charge >= 0.3 is 0 Å². The van der Waals surface area contributed by atoms with E-state index in [1.807, 2.05) is 0 Å². The van der Waals surface area contributed by atoms with Crippen LogP contribution in [0.15, 0.2) is 146 Å². The number of benzene rings is 8. The van der Waals surface area contributed by atoms with Crippen molar-refractivity contribution in [2.75, 3.05) is 0 Å². The minimum atomic E-state index is 0.00928. The highest BCUT2D eigenvalue weighted by Gasteiger charge is 2.24. The maximum atomic E-state index is 2.48. The summed E-state index contributed by atoms with van der Waals surface area (Å²) < 4.78 is 0. The smallest absolute Gasteiger partial charge is 0.00198 e. The average molecular weight is 619 g/mol. The Morgan fingerprint density at radius 1 is 0.312 bits per heavy atom. The van der Waals surface area contributed by atoms with E-state index in [0.717, 1.165) is 0 Å². The second-order valence-electron chi connectivity index (χ2n) is 15.4. The van der Waals surface area contributed by atoms with Crippen molar-refractivity contribution in [1.82, 2.24) is 0 Å². The van der Waals surface area contributed by atoms with Crippen molar-refractivity contribution >= 4 is 43.1 Å². The molecular weight excluding hydrogens is 577 g/mol. The summed E-state index contributed by atoms with van der Waals surface area (Å²) in [4.78, 5) is 0. The zero-order valence-electron chi connectivity index (χ0n) is 28.9. The van der Waals surface area contributed by atoms with Gasteiger partial charge in [0.05, 0.1) is 0 Å². The van der Waals surface area contributed by atoms with E-state index in [2.05, 4.69) is 187 Å². The molecule has 48 heavy (non-hydrogen) atoms. The van der Waals surface area contributed by atoms with E-state index >= 15 is 0 Å². The van der Waals surface area contributed by atoms with Crippen LogP contribution in [0.2, 0.25) is 0 Å². The lowest BCUT2D eigenvalue weighted by atomic mass is 9.78. The Morgan fingerprint density at radius 3 is 1.50 bits per heavy atom. The number of hydrogen-bond donors (Lipinski definition) is 0. The van der Waals surface area contributed by atoms with Gasteiger partial charge in [-0.2, -0.15) is 0 Å². The van der Waals surface area contributed by atoms with Crippen molar-refractivity contribution in [1.29, 1.82) is 0 Å². The van der Waals surface area contributed by atoms with Crippen molar-refractivity contribution in [3.63, 3.8) is 0 Å². The number of rotatable bonds is 3. The van der Waals surface area contributed by atoms with Crippen LogP contribution >= 0.6 is 0 Å². The largest absolute Gasteiger partial charge is 0.0622 e. The molecule has 0 saturated carbocycles. The van der Waals surface area contributed by atoms with Gasteiger partial charge < -0.3 is 0 Å². The molecule has 0 fully saturated rings. The average Bonchev–Trinajstić information content (AvgIpc) is 3.09. The molecule has 0 spiro atoms. The summed E-state index contributed by atoms with van der Waals surface area (Å²) in [5.74, 6) is 0. The second kappa shape index (κ2) is 11.2. The molecule has 8 aromatic carbocycles. The highest BCUT2D eigenvalue weighted by molar-refractivity contribution is 6.26. The fourth-order valence-electron chi connectivity index (χ4n) is 7.51. The third-order valence-electron chi connectivity index (χ3n) is 10.1. The van der Waals surface area contributed by atoms with Gasteiger partial charge in [0.15, 0.2) is 0 Å². The maximum Gasteiger partial charge on any atom is -0.00198 e. The molecule has 0 heteroatoms. The van der Waals surface area contributed by atoms with E-state index in [1.165, 1.54) is 87.6 Å². The minimum Gasteiger partial charge on any atom is -0.0622 e. The predicted molar refractivity (Wildman–Crippen MR) is 210 cm³/mol. The van der Waals surface area contributed by atoms with Gasteiger partial charge in [-0.3, -0.25) is 0 Å². The van der Waals surface area contributed by atoms with E-state index in [9.17, 15) is 0 Å². The first-order chi connectivity index (χ1) is 23.1. The molecule has 234 valence electrons.